The molecule has 0 atom stereocenters. The summed E-state index contributed by atoms with van der Waals surface area (Å²) in [6.45, 7) is 8.71. The number of hydrogen-bond donors (Lipinski definition) is 1. The third-order valence-electron chi connectivity index (χ3n) is 4.90. The van der Waals surface area contributed by atoms with E-state index in [-0.39, 0.29) is 17.7 Å². The number of aromatic amines is 1. The molecular weight excluding hydrogens is 317 g/mol. The number of unbranched alkanes of at least 4 members (excludes halogenated alkanes) is 6. The van der Waals surface area contributed by atoms with Gasteiger partial charge in [-0.2, -0.15) is 0 Å². The van der Waals surface area contributed by atoms with Gasteiger partial charge in [0.1, 0.15) is 0 Å². The molecule has 0 amide bonds. The first-order chi connectivity index (χ1) is 11.9. The van der Waals surface area contributed by atoms with E-state index >= 15 is 0 Å². The maximum absolute atomic E-state index is 14.3. The van der Waals surface area contributed by atoms with Crippen LogP contribution in [0.2, 0.25) is 0 Å². The fourth-order valence-electron chi connectivity index (χ4n) is 3.14. The van der Waals surface area contributed by atoms with E-state index < -0.39 is 11.8 Å². The van der Waals surface area contributed by atoms with E-state index in [1.807, 2.05) is 0 Å². The van der Waals surface area contributed by atoms with Gasteiger partial charge in [-0.15, -0.1) is 0 Å². The average Bonchev–Trinajstić information content (AvgIpc) is 2.93. The lowest BCUT2D eigenvalue weighted by molar-refractivity contribution is 0.0514. The molecule has 0 aromatic carbocycles. The number of nitrogens with one attached hydrogen (secondary N) is 1. The summed E-state index contributed by atoms with van der Waals surface area (Å²) >= 11 is 0. The van der Waals surface area contributed by atoms with Gasteiger partial charge in [0, 0.05) is 11.8 Å². The SMILES string of the molecule is CCCCCCCCCC(C)(C)CCc1c[nH]c(C(=O)OCC)c1F. The van der Waals surface area contributed by atoms with E-state index in [0.29, 0.717) is 12.0 Å². The number of ether oxygens (including phenoxy) is 1. The number of aromatic nitrogens is 1. The van der Waals surface area contributed by atoms with Crippen LogP contribution in [0, 0.1) is 11.2 Å². The molecule has 4 heteroatoms. The van der Waals surface area contributed by atoms with Gasteiger partial charge in [-0.05, 0) is 31.6 Å². The van der Waals surface area contributed by atoms with Crippen molar-refractivity contribution < 1.29 is 13.9 Å². The number of carbonyl (C=O) groups is 1. The molecule has 1 rings (SSSR count). The van der Waals surface area contributed by atoms with E-state index in [1.165, 1.54) is 44.9 Å². The van der Waals surface area contributed by atoms with Crippen LogP contribution in [0.25, 0.3) is 0 Å². The number of hydrogen-bond acceptors (Lipinski definition) is 2. The molecule has 1 aromatic heterocycles. The quantitative estimate of drug-likeness (QED) is 0.328. The third-order valence-corrected chi connectivity index (χ3v) is 4.90. The van der Waals surface area contributed by atoms with Gasteiger partial charge in [0.2, 0.25) is 0 Å². The largest absolute Gasteiger partial charge is 0.461 e. The number of halogens is 1. The van der Waals surface area contributed by atoms with Crippen LogP contribution in [0.1, 0.15) is 102 Å². The fourth-order valence-corrected chi connectivity index (χ4v) is 3.14. The van der Waals surface area contributed by atoms with E-state index in [1.54, 1.807) is 13.1 Å². The Morgan fingerprint density at radius 2 is 1.72 bits per heavy atom. The first-order valence-electron chi connectivity index (χ1n) is 9.94. The van der Waals surface area contributed by atoms with Gasteiger partial charge in [-0.1, -0.05) is 65.7 Å². The van der Waals surface area contributed by atoms with E-state index in [2.05, 4.69) is 25.8 Å². The van der Waals surface area contributed by atoms with Crippen LogP contribution in [-0.4, -0.2) is 17.6 Å². The van der Waals surface area contributed by atoms with Gasteiger partial charge in [0.15, 0.2) is 11.5 Å². The predicted molar refractivity (Wildman–Crippen MR) is 101 cm³/mol. The minimum Gasteiger partial charge on any atom is -0.461 e. The molecule has 0 spiro atoms. The van der Waals surface area contributed by atoms with Crippen molar-refractivity contribution in [2.45, 2.75) is 91.9 Å². The number of aryl methyl sites for hydroxylation is 1. The van der Waals surface area contributed by atoms with Crippen molar-refractivity contribution in [3.8, 4) is 0 Å². The summed E-state index contributed by atoms with van der Waals surface area (Å²) in [5.41, 5.74) is 0.717. The lowest BCUT2D eigenvalue weighted by Gasteiger charge is -2.24. The van der Waals surface area contributed by atoms with Crippen LogP contribution in [0.5, 0.6) is 0 Å². The van der Waals surface area contributed by atoms with Crippen LogP contribution in [-0.2, 0) is 11.2 Å². The second kappa shape index (κ2) is 11.3. The van der Waals surface area contributed by atoms with Gasteiger partial charge in [-0.3, -0.25) is 0 Å². The molecule has 0 aliphatic heterocycles. The van der Waals surface area contributed by atoms with Gasteiger partial charge >= 0.3 is 5.97 Å². The van der Waals surface area contributed by atoms with Crippen LogP contribution in [0.3, 0.4) is 0 Å². The zero-order chi connectivity index (χ0) is 18.7. The summed E-state index contributed by atoms with van der Waals surface area (Å²) in [4.78, 5) is 14.4. The lowest BCUT2D eigenvalue weighted by atomic mass is 9.81. The van der Waals surface area contributed by atoms with Crippen LogP contribution in [0.4, 0.5) is 4.39 Å². The van der Waals surface area contributed by atoms with Crippen LogP contribution < -0.4 is 0 Å². The molecule has 0 radical (unpaired) electrons. The standard InChI is InChI=1S/C21H36FNO2/c1-5-7-8-9-10-11-12-14-21(3,4)15-13-17-16-23-19(18(17)22)20(24)25-6-2/h16,23H,5-15H2,1-4H3. The highest BCUT2D eigenvalue weighted by atomic mass is 19.1. The smallest absolute Gasteiger partial charge is 0.357 e. The Morgan fingerprint density at radius 3 is 2.36 bits per heavy atom. The Hall–Kier alpha value is -1.32. The molecule has 1 aromatic rings. The molecule has 3 nitrogen and oxygen atoms in total. The first kappa shape index (κ1) is 21.7. The highest BCUT2D eigenvalue weighted by Gasteiger charge is 2.22. The van der Waals surface area contributed by atoms with E-state index in [4.69, 9.17) is 4.74 Å². The maximum atomic E-state index is 14.3. The molecule has 1 heterocycles. The van der Waals surface area contributed by atoms with Crippen molar-refractivity contribution in [2.75, 3.05) is 6.61 Å². The molecule has 25 heavy (non-hydrogen) atoms. The minimum absolute atomic E-state index is 0.0539. The molecule has 0 unspecified atom stereocenters. The number of H-pyrrole nitrogens is 1. The number of rotatable bonds is 13. The molecule has 0 saturated carbocycles. The van der Waals surface area contributed by atoms with Gasteiger partial charge in [0.05, 0.1) is 6.61 Å². The van der Waals surface area contributed by atoms with Crippen LogP contribution >= 0.6 is 0 Å². The summed E-state index contributed by atoms with van der Waals surface area (Å²) < 4.78 is 19.2. The molecule has 0 aliphatic carbocycles. The van der Waals surface area contributed by atoms with Gasteiger partial charge in [-0.25, -0.2) is 9.18 Å². The number of carbonyl (C=O) groups excluding carboxylic acids is 1. The van der Waals surface area contributed by atoms with Crippen molar-refractivity contribution in [2.24, 2.45) is 5.41 Å². The first-order valence-corrected chi connectivity index (χ1v) is 9.94. The zero-order valence-electron chi connectivity index (χ0n) is 16.5. The third kappa shape index (κ3) is 8.06. The molecule has 0 bridgehead atoms. The highest BCUT2D eigenvalue weighted by molar-refractivity contribution is 5.88. The minimum atomic E-state index is -0.617. The Labute approximate surface area is 152 Å². The number of esters is 1. The summed E-state index contributed by atoms with van der Waals surface area (Å²) in [5, 5.41) is 0. The van der Waals surface area contributed by atoms with Crippen molar-refractivity contribution >= 4 is 5.97 Å². The second-order valence-corrected chi connectivity index (χ2v) is 7.76. The summed E-state index contributed by atoms with van der Waals surface area (Å²) in [6.07, 6.45) is 13.5. The van der Waals surface area contributed by atoms with Crippen molar-refractivity contribution in [1.29, 1.82) is 0 Å². The maximum Gasteiger partial charge on any atom is 0.357 e. The fraction of sp³-hybridized carbons (Fsp3) is 0.762. The summed E-state index contributed by atoms with van der Waals surface area (Å²) in [5.74, 6) is -1.07. The highest BCUT2D eigenvalue weighted by Crippen LogP contribution is 2.30. The van der Waals surface area contributed by atoms with Gasteiger partial charge < -0.3 is 9.72 Å². The van der Waals surface area contributed by atoms with E-state index in [9.17, 15) is 9.18 Å². The Morgan fingerprint density at radius 1 is 1.08 bits per heavy atom. The van der Waals surface area contributed by atoms with Crippen molar-refractivity contribution in [3.05, 3.63) is 23.3 Å². The lowest BCUT2D eigenvalue weighted by Crippen LogP contribution is -2.13. The molecule has 0 saturated heterocycles. The average molecular weight is 354 g/mol. The van der Waals surface area contributed by atoms with Gasteiger partial charge in [0.25, 0.3) is 0 Å². The van der Waals surface area contributed by atoms with Crippen molar-refractivity contribution in [3.63, 3.8) is 0 Å². The second-order valence-electron chi connectivity index (χ2n) is 7.76. The normalized spacial score (nSPS) is 11.7. The Kier molecular flexibility index (Phi) is 9.84. The zero-order valence-corrected chi connectivity index (χ0v) is 16.5. The topological polar surface area (TPSA) is 42.1 Å². The molecule has 0 fully saturated rings. The molecule has 144 valence electrons. The molecule has 0 aliphatic rings. The summed E-state index contributed by atoms with van der Waals surface area (Å²) in [6, 6.07) is 0. The Balaban J connectivity index is 2.34. The molecular formula is C21H36FNO2. The molecule has 1 N–H and O–H groups in total. The summed E-state index contributed by atoms with van der Waals surface area (Å²) in [7, 11) is 0. The van der Waals surface area contributed by atoms with Crippen LogP contribution in [0.15, 0.2) is 6.20 Å². The van der Waals surface area contributed by atoms with Crippen molar-refractivity contribution in [1.82, 2.24) is 4.98 Å². The monoisotopic (exact) mass is 353 g/mol. The van der Waals surface area contributed by atoms with E-state index in [0.717, 1.165) is 12.8 Å². The predicted octanol–water partition coefficient (Wildman–Crippen LogP) is 6.43. The Bertz CT molecular complexity index is 508.